The molecule has 0 aliphatic rings. The van der Waals surface area contributed by atoms with Crippen molar-refractivity contribution < 1.29 is 18.0 Å². The average Bonchev–Trinajstić information content (AvgIpc) is 2.78. The summed E-state index contributed by atoms with van der Waals surface area (Å²) in [4.78, 5) is 25.0. The maximum absolute atomic E-state index is 12.6. The zero-order chi connectivity index (χ0) is 22.3. The zero-order valence-corrected chi connectivity index (χ0v) is 17.8. The molecule has 8 heteroatoms. The number of amides is 2. The SMILES string of the molecule is CCCNC(=O)c1ccccc1NC(=O)c1ccc(S(=O)(=O)Nc2ccccc2)cc1. The van der Waals surface area contributed by atoms with Crippen molar-refractivity contribution in [2.24, 2.45) is 0 Å². The Bertz CT molecular complexity index is 1160. The van der Waals surface area contributed by atoms with E-state index >= 15 is 0 Å². The third-order valence-corrected chi connectivity index (χ3v) is 5.81. The van der Waals surface area contributed by atoms with Crippen molar-refractivity contribution in [2.75, 3.05) is 16.6 Å². The smallest absolute Gasteiger partial charge is 0.261 e. The van der Waals surface area contributed by atoms with E-state index < -0.39 is 15.9 Å². The summed E-state index contributed by atoms with van der Waals surface area (Å²) in [5.74, 6) is -0.720. The summed E-state index contributed by atoms with van der Waals surface area (Å²) in [6.07, 6.45) is 0.800. The van der Waals surface area contributed by atoms with Gasteiger partial charge in [-0.05, 0) is 55.0 Å². The summed E-state index contributed by atoms with van der Waals surface area (Å²) in [5, 5.41) is 5.50. The number of benzene rings is 3. The fourth-order valence-electron chi connectivity index (χ4n) is 2.82. The molecule has 0 fully saturated rings. The van der Waals surface area contributed by atoms with Gasteiger partial charge in [-0.25, -0.2) is 8.42 Å². The first-order valence-electron chi connectivity index (χ1n) is 9.77. The first kappa shape index (κ1) is 22.0. The van der Waals surface area contributed by atoms with Gasteiger partial charge in [-0.3, -0.25) is 14.3 Å². The molecule has 0 aliphatic carbocycles. The van der Waals surface area contributed by atoms with E-state index in [2.05, 4.69) is 15.4 Å². The number of carbonyl (C=O) groups is 2. The molecule has 0 radical (unpaired) electrons. The molecule has 0 spiro atoms. The van der Waals surface area contributed by atoms with Crippen molar-refractivity contribution in [1.82, 2.24) is 5.32 Å². The van der Waals surface area contributed by atoms with E-state index in [0.717, 1.165) is 6.42 Å². The highest BCUT2D eigenvalue weighted by atomic mass is 32.2. The van der Waals surface area contributed by atoms with Gasteiger partial charge in [0.2, 0.25) is 0 Å². The molecule has 0 unspecified atom stereocenters. The highest BCUT2D eigenvalue weighted by molar-refractivity contribution is 7.92. The standard InChI is InChI=1S/C23H23N3O4S/c1-2-16-24-23(28)20-10-6-7-11-21(20)25-22(27)17-12-14-19(15-13-17)31(29,30)26-18-8-4-3-5-9-18/h3-15,26H,2,16H2,1H3,(H,24,28)(H,25,27). The molecular formula is C23H23N3O4S. The Morgan fingerprint density at radius 2 is 1.45 bits per heavy atom. The van der Waals surface area contributed by atoms with Crippen molar-refractivity contribution in [3.8, 4) is 0 Å². The summed E-state index contributed by atoms with van der Waals surface area (Å²) in [6.45, 7) is 2.49. The van der Waals surface area contributed by atoms with Crippen LogP contribution in [0.4, 0.5) is 11.4 Å². The number of rotatable bonds is 8. The molecule has 0 saturated heterocycles. The minimum atomic E-state index is -3.78. The van der Waals surface area contributed by atoms with Crippen LogP contribution in [-0.4, -0.2) is 26.8 Å². The molecule has 0 aliphatic heterocycles. The summed E-state index contributed by atoms with van der Waals surface area (Å²) < 4.78 is 27.5. The van der Waals surface area contributed by atoms with Gasteiger partial charge in [0.1, 0.15) is 0 Å². The van der Waals surface area contributed by atoms with E-state index in [-0.39, 0.29) is 16.4 Å². The maximum Gasteiger partial charge on any atom is 0.261 e. The lowest BCUT2D eigenvalue weighted by atomic mass is 10.1. The largest absolute Gasteiger partial charge is 0.352 e. The van der Waals surface area contributed by atoms with Crippen LogP contribution in [0.1, 0.15) is 34.1 Å². The highest BCUT2D eigenvalue weighted by Gasteiger charge is 2.17. The van der Waals surface area contributed by atoms with E-state index in [9.17, 15) is 18.0 Å². The van der Waals surface area contributed by atoms with Gasteiger partial charge in [0.15, 0.2) is 0 Å². The molecular weight excluding hydrogens is 414 g/mol. The lowest BCUT2D eigenvalue weighted by molar-refractivity contribution is 0.0954. The van der Waals surface area contributed by atoms with Gasteiger partial charge in [0, 0.05) is 17.8 Å². The average molecular weight is 438 g/mol. The molecule has 3 aromatic rings. The van der Waals surface area contributed by atoms with Gasteiger partial charge in [-0.1, -0.05) is 37.3 Å². The first-order valence-corrected chi connectivity index (χ1v) is 11.3. The summed E-state index contributed by atoms with van der Waals surface area (Å²) >= 11 is 0. The normalized spacial score (nSPS) is 10.9. The maximum atomic E-state index is 12.6. The summed E-state index contributed by atoms with van der Waals surface area (Å²) in [6, 6.07) is 20.8. The third-order valence-electron chi connectivity index (χ3n) is 4.41. The van der Waals surface area contributed by atoms with E-state index in [0.29, 0.717) is 23.5 Å². The minimum absolute atomic E-state index is 0.0345. The second-order valence-corrected chi connectivity index (χ2v) is 8.43. The molecule has 7 nitrogen and oxygen atoms in total. The molecule has 3 rings (SSSR count). The van der Waals surface area contributed by atoms with Crippen molar-refractivity contribution in [2.45, 2.75) is 18.2 Å². The molecule has 0 aromatic heterocycles. The number of carbonyl (C=O) groups excluding carboxylic acids is 2. The lowest BCUT2D eigenvalue weighted by Crippen LogP contribution is -2.25. The monoisotopic (exact) mass is 437 g/mol. The van der Waals surface area contributed by atoms with Crippen molar-refractivity contribution in [3.63, 3.8) is 0 Å². The number of hydrogen-bond donors (Lipinski definition) is 3. The second-order valence-electron chi connectivity index (χ2n) is 6.75. The number of para-hydroxylation sites is 2. The van der Waals surface area contributed by atoms with Crippen LogP contribution in [0.2, 0.25) is 0 Å². The van der Waals surface area contributed by atoms with Gasteiger partial charge in [0.25, 0.3) is 21.8 Å². The molecule has 31 heavy (non-hydrogen) atoms. The van der Waals surface area contributed by atoms with Gasteiger partial charge in [0.05, 0.1) is 16.1 Å². The molecule has 3 N–H and O–H groups in total. The fourth-order valence-corrected chi connectivity index (χ4v) is 3.88. The molecule has 3 aromatic carbocycles. The van der Waals surface area contributed by atoms with E-state index in [1.54, 1.807) is 54.6 Å². The molecule has 0 bridgehead atoms. The van der Waals surface area contributed by atoms with Crippen molar-refractivity contribution in [1.29, 1.82) is 0 Å². The van der Waals surface area contributed by atoms with Crippen molar-refractivity contribution >= 4 is 33.2 Å². The second kappa shape index (κ2) is 9.90. The zero-order valence-electron chi connectivity index (χ0n) is 17.0. The van der Waals surface area contributed by atoms with Crippen molar-refractivity contribution in [3.05, 3.63) is 90.0 Å². The van der Waals surface area contributed by atoms with E-state index in [1.807, 2.05) is 6.92 Å². The summed E-state index contributed by atoms with van der Waals surface area (Å²) in [7, 11) is -3.78. The number of sulfonamides is 1. The Labute approximate surface area is 181 Å². The van der Waals surface area contributed by atoms with Crippen LogP contribution in [-0.2, 0) is 10.0 Å². The predicted octanol–water partition coefficient (Wildman–Crippen LogP) is 3.88. The molecule has 160 valence electrons. The van der Waals surface area contributed by atoms with Gasteiger partial charge in [-0.2, -0.15) is 0 Å². The Morgan fingerprint density at radius 3 is 2.13 bits per heavy atom. The Hall–Kier alpha value is -3.65. The van der Waals surface area contributed by atoms with Crippen LogP contribution in [0.25, 0.3) is 0 Å². The Balaban J connectivity index is 1.74. The number of hydrogen-bond acceptors (Lipinski definition) is 4. The van der Waals surface area contributed by atoms with Crippen LogP contribution < -0.4 is 15.4 Å². The number of anilines is 2. The van der Waals surface area contributed by atoms with Gasteiger partial charge >= 0.3 is 0 Å². The lowest BCUT2D eigenvalue weighted by Gasteiger charge is -2.12. The highest BCUT2D eigenvalue weighted by Crippen LogP contribution is 2.19. The molecule has 0 atom stereocenters. The molecule has 0 heterocycles. The summed E-state index contributed by atoms with van der Waals surface area (Å²) in [5.41, 5.74) is 1.45. The van der Waals surface area contributed by atoms with E-state index in [1.165, 1.54) is 24.3 Å². The Morgan fingerprint density at radius 1 is 0.806 bits per heavy atom. The van der Waals surface area contributed by atoms with Crippen LogP contribution in [0.3, 0.4) is 0 Å². The van der Waals surface area contributed by atoms with E-state index in [4.69, 9.17) is 0 Å². The predicted molar refractivity (Wildman–Crippen MR) is 121 cm³/mol. The third kappa shape index (κ3) is 5.70. The Kier molecular flexibility index (Phi) is 7.04. The molecule has 2 amide bonds. The molecule has 0 saturated carbocycles. The van der Waals surface area contributed by atoms with Crippen LogP contribution in [0.15, 0.2) is 83.8 Å². The number of nitrogens with one attached hydrogen (secondary N) is 3. The topological polar surface area (TPSA) is 104 Å². The van der Waals surface area contributed by atoms with Gasteiger partial charge in [-0.15, -0.1) is 0 Å². The van der Waals surface area contributed by atoms with Crippen LogP contribution in [0, 0.1) is 0 Å². The van der Waals surface area contributed by atoms with Gasteiger partial charge < -0.3 is 10.6 Å². The first-order chi connectivity index (χ1) is 14.9. The van der Waals surface area contributed by atoms with Crippen LogP contribution >= 0.6 is 0 Å². The van der Waals surface area contributed by atoms with Crippen LogP contribution in [0.5, 0.6) is 0 Å². The fraction of sp³-hybridized carbons (Fsp3) is 0.130. The quantitative estimate of drug-likeness (QED) is 0.497. The minimum Gasteiger partial charge on any atom is -0.352 e.